The van der Waals surface area contributed by atoms with Gasteiger partial charge in [-0.3, -0.25) is 9.59 Å². The van der Waals surface area contributed by atoms with Crippen LogP contribution in [0.1, 0.15) is 22.7 Å². The molecule has 36 heavy (non-hydrogen) atoms. The number of carboxylic acid groups (broad SMARTS) is 1. The van der Waals surface area contributed by atoms with Crippen LogP contribution >= 0.6 is 0 Å². The van der Waals surface area contributed by atoms with E-state index in [-0.39, 0.29) is 5.56 Å². The Labute approximate surface area is 209 Å². The van der Waals surface area contributed by atoms with Crippen LogP contribution in [0.2, 0.25) is 0 Å². The van der Waals surface area contributed by atoms with Gasteiger partial charge in [-0.15, -0.1) is 0 Å². The van der Waals surface area contributed by atoms with Crippen LogP contribution in [0, 0.1) is 6.92 Å². The average molecular weight is 482 g/mol. The highest BCUT2D eigenvalue weighted by Gasteiger charge is 2.32. The number of benzene rings is 3. The Kier molecular flexibility index (Phi) is 7.30. The Hall–Kier alpha value is -4.65. The van der Waals surface area contributed by atoms with Crippen LogP contribution in [-0.4, -0.2) is 27.7 Å². The molecule has 0 saturated carbocycles. The van der Waals surface area contributed by atoms with Crippen LogP contribution in [0.25, 0.3) is 11.1 Å². The zero-order valence-electron chi connectivity index (χ0n) is 20.0. The summed E-state index contributed by atoms with van der Waals surface area (Å²) < 4.78 is 1.58. The van der Waals surface area contributed by atoms with E-state index >= 15 is 0 Å². The molecule has 0 aliphatic heterocycles. The highest BCUT2D eigenvalue weighted by atomic mass is 16.4. The second-order valence-electron chi connectivity index (χ2n) is 8.52. The molecule has 0 fully saturated rings. The van der Waals surface area contributed by atoms with Gasteiger partial charge >= 0.3 is 6.09 Å². The molecule has 7 nitrogen and oxygen atoms in total. The van der Waals surface area contributed by atoms with Gasteiger partial charge < -0.3 is 20.3 Å². The second-order valence-corrected chi connectivity index (χ2v) is 8.52. The van der Waals surface area contributed by atoms with E-state index in [1.54, 1.807) is 29.8 Å². The molecule has 0 aliphatic rings. The molecule has 182 valence electrons. The summed E-state index contributed by atoms with van der Waals surface area (Å²) in [4.78, 5) is 37.0. The van der Waals surface area contributed by atoms with Gasteiger partial charge in [0.05, 0.1) is 0 Å². The molecule has 0 aliphatic carbocycles. The predicted octanol–water partition coefficient (Wildman–Crippen LogP) is 4.77. The molecule has 1 heterocycles. The Balaban J connectivity index is 1.64. The topological polar surface area (TPSA) is 100 Å². The van der Waals surface area contributed by atoms with Crippen molar-refractivity contribution in [2.45, 2.75) is 18.9 Å². The van der Waals surface area contributed by atoms with Gasteiger partial charge in [-0.05, 0) is 41.8 Å². The molecule has 3 N–H and O–H groups in total. The number of rotatable bonds is 7. The van der Waals surface area contributed by atoms with Crippen LogP contribution in [0.3, 0.4) is 0 Å². The van der Waals surface area contributed by atoms with Crippen molar-refractivity contribution in [2.24, 2.45) is 7.05 Å². The Morgan fingerprint density at radius 2 is 1.36 bits per heavy atom. The molecule has 0 radical (unpaired) electrons. The fourth-order valence-corrected chi connectivity index (χ4v) is 4.32. The molecule has 0 bridgehead atoms. The molecule has 7 heteroatoms. The molecule has 1 atom stereocenters. The fourth-order valence-electron chi connectivity index (χ4n) is 4.32. The molecule has 0 saturated heterocycles. The van der Waals surface area contributed by atoms with E-state index in [4.69, 9.17) is 0 Å². The summed E-state index contributed by atoms with van der Waals surface area (Å²) in [6, 6.07) is 28.2. The molecule has 4 rings (SSSR count). The van der Waals surface area contributed by atoms with E-state index in [0.717, 1.165) is 27.9 Å². The highest BCUT2D eigenvalue weighted by Crippen LogP contribution is 2.29. The standard InChI is InChI=1S/C29H27N3O4/c1-19-24(17-18-25(33)32(19)2)20-13-15-23(16-14-20)30-28(34)27(31-29(35)36)26(21-9-5-3-6-10-21)22-11-7-4-8-12-22/h3-18,26-27,31H,1-2H3,(H,30,34)(H,35,36)/t27-/m0/s1. The molecular weight excluding hydrogens is 454 g/mol. The summed E-state index contributed by atoms with van der Waals surface area (Å²) in [5.74, 6) is -1.00. The van der Waals surface area contributed by atoms with Gasteiger partial charge in [0, 0.05) is 36.0 Å². The monoisotopic (exact) mass is 481 g/mol. The lowest BCUT2D eigenvalue weighted by Crippen LogP contribution is -2.47. The Morgan fingerprint density at radius 1 is 0.806 bits per heavy atom. The normalized spacial score (nSPS) is 11.6. The van der Waals surface area contributed by atoms with Crippen molar-refractivity contribution in [2.75, 3.05) is 5.32 Å². The second kappa shape index (κ2) is 10.7. The predicted molar refractivity (Wildman–Crippen MR) is 140 cm³/mol. The highest BCUT2D eigenvalue weighted by molar-refractivity contribution is 5.97. The van der Waals surface area contributed by atoms with Gasteiger partial charge in [0.1, 0.15) is 6.04 Å². The van der Waals surface area contributed by atoms with Crippen molar-refractivity contribution in [1.82, 2.24) is 9.88 Å². The summed E-state index contributed by atoms with van der Waals surface area (Å²) in [5.41, 5.74) is 4.72. The number of carbonyl (C=O) groups is 2. The maximum atomic E-state index is 13.5. The van der Waals surface area contributed by atoms with Crippen molar-refractivity contribution in [3.63, 3.8) is 0 Å². The number of amides is 2. The number of anilines is 1. The first kappa shape index (κ1) is 24.5. The van der Waals surface area contributed by atoms with Gasteiger partial charge in [0.25, 0.3) is 0 Å². The lowest BCUT2D eigenvalue weighted by Gasteiger charge is -2.27. The smallest absolute Gasteiger partial charge is 0.405 e. The third kappa shape index (κ3) is 5.36. The maximum absolute atomic E-state index is 13.5. The van der Waals surface area contributed by atoms with Crippen molar-refractivity contribution >= 4 is 17.7 Å². The minimum atomic E-state index is -1.28. The lowest BCUT2D eigenvalue weighted by molar-refractivity contribution is -0.118. The van der Waals surface area contributed by atoms with Crippen molar-refractivity contribution in [1.29, 1.82) is 0 Å². The number of carbonyl (C=O) groups excluding carboxylic acids is 1. The Bertz CT molecular complexity index is 1380. The number of nitrogens with zero attached hydrogens (tertiary/aromatic N) is 1. The summed E-state index contributed by atoms with van der Waals surface area (Å²) in [7, 11) is 1.72. The van der Waals surface area contributed by atoms with E-state index in [1.165, 1.54) is 6.07 Å². The van der Waals surface area contributed by atoms with E-state index in [9.17, 15) is 19.5 Å². The number of aromatic nitrogens is 1. The maximum Gasteiger partial charge on any atom is 0.405 e. The first-order chi connectivity index (χ1) is 17.3. The van der Waals surface area contributed by atoms with Crippen LogP contribution < -0.4 is 16.2 Å². The molecule has 2 amide bonds. The zero-order valence-corrected chi connectivity index (χ0v) is 20.0. The molecule has 3 aromatic carbocycles. The van der Waals surface area contributed by atoms with Gasteiger partial charge in [-0.25, -0.2) is 4.79 Å². The van der Waals surface area contributed by atoms with Gasteiger partial charge in [0.15, 0.2) is 0 Å². The third-order valence-corrected chi connectivity index (χ3v) is 6.29. The Morgan fingerprint density at radius 3 is 1.89 bits per heavy atom. The van der Waals surface area contributed by atoms with E-state index in [2.05, 4.69) is 10.6 Å². The number of hydrogen-bond acceptors (Lipinski definition) is 3. The van der Waals surface area contributed by atoms with Crippen LogP contribution in [0.15, 0.2) is 102 Å². The number of hydrogen-bond donors (Lipinski definition) is 3. The van der Waals surface area contributed by atoms with Gasteiger partial charge in [-0.2, -0.15) is 0 Å². The number of pyridine rings is 1. The average Bonchev–Trinajstić information content (AvgIpc) is 2.89. The fraction of sp³-hybridized carbons (Fsp3) is 0.138. The minimum absolute atomic E-state index is 0.0801. The molecule has 0 spiro atoms. The molecular formula is C29H27N3O4. The van der Waals surface area contributed by atoms with Crippen LogP contribution in [0.4, 0.5) is 10.5 Å². The summed E-state index contributed by atoms with van der Waals surface area (Å²) in [5, 5.41) is 14.8. The SMILES string of the molecule is Cc1c(-c2ccc(NC(=O)[C@@H](NC(=O)O)C(c3ccccc3)c3ccccc3)cc2)ccc(=O)n1C. The van der Waals surface area contributed by atoms with E-state index < -0.39 is 24.0 Å². The third-order valence-electron chi connectivity index (χ3n) is 6.29. The summed E-state index contributed by atoms with van der Waals surface area (Å²) >= 11 is 0. The van der Waals surface area contributed by atoms with Crippen molar-refractivity contribution in [3.8, 4) is 11.1 Å². The van der Waals surface area contributed by atoms with Crippen LogP contribution in [-0.2, 0) is 11.8 Å². The largest absolute Gasteiger partial charge is 0.465 e. The molecule has 0 unspecified atom stereocenters. The summed E-state index contributed by atoms with van der Waals surface area (Å²) in [6.45, 7) is 1.88. The van der Waals surface area contributed by atoms with Crippen molar-refractivity contribution < 1.29 is 14.7 Å². The minimum Gasteiger partial charge on any atom is -0.465 e. The number of nitrogens with one attached hydrogen (secondary N) is 2. The van der Waals surface area contributed by atoms with Gasteiger partial charge in [-0.1, -0.05) is 72.8 Å². The first-order valence-electron chi connectivity index (χ1n) is 11.5. The molecule has 1 aromatic heterocycles. The summed E-state index contributed by atoms with van der Waals surface area (Å²) in [6.07, 6.45) is -1.28. The zero-order chi connectivity index (χ0) is 25.7. The first-order valence-corrected chi connectivity index (χ1v) is 11.5. The van der Waals surface area contributed by atoms with Crippen molar-refractivity contribution in [3.05, 3.63) is 124 Å². The quantitative estimate of drug-likeness (QED) is 0.354. The van der Waals surface area contributed by atoms with E-state index in [1.807, 2.05) is 79.7 Å². The van der Waals surface area contributed by atoms with Gasteiger partial charge in [0.2, 0.25) is 11.5 Å². The van der Waals surface area contributed by atoms with E-state index in [0.29, 0.717) is 5.69 Å². The van der Waals surface area contributed by atoms with Crippen LogP contribution in [0.5, 0.6) is 0 Å². The molecule has 4 aromatic rings. The lowest BCUT2D eigenvalue weighted by atomic mass is 9.84.